The lowest BCUT2D eigenvalue weighted by Crippen LogP contribution is -1.99. The topological polar surface area (TPSA) is 138 Å². The number of nitro groups is 1. The van der Waals surface area contributed by atoms with Crippen LogP contribution in [0.3, 0.4) is 0 Å². The number of nitro benzene ring substituents is 1. The fourth-order valence-corrected chi connectivity index (χ4v) is 2.75. The Bertz CT molecular complexity index is 1100. The van der Waals surface area contributed by atoms with Crippen LogP contribution in [0.2, 0.25) is 0 Å². The third-order valence-electron chi connectivity index (χ3n) is 3.71. The Kier molecular flexibility index (Phi) is 5.37. The molecule has 0 spiro atoms. The second-order valence-corrected chi connectivity index (χ2v) is 6.09. The van der Waals surface area contributed by atoms with E-state index in [4.69, 9.17) is 4.55 Å². The Morgan fingerprint density at radius 1 is 1.33 bits per heavy atom. The van der Waals surface area contributed by atoms with Gasteiger partial charge in [-0.25, -0.2) is 0 Å². The summed E-state index contributed by atoms with van der Waals surface area (Å²) in [6.45, 7) is -0.0771. The fourth-order valence-electron chi connectivity index (χ4n) is 2.52. The van der Waals surface area contributed by atoms with Crippen molar-refractivity contribution in [3.63, 3.8) is 0 Å². The highest BCUT2D eigenvalue weighted by atomic mass is 32.2. The van der Waals surface area contributed by atoms with Gasteiger partial charge in [0.25, 0.3) is 5.69 Å². The van der Waals surface area contributed by atoms with E-state index < -0.39 is 16.3 Å². The maximum absolute atomic E-state index is 11.1. The normalized spacial score (nSPS) is 11.7. The Balaban J connectivity index is 2.04. The summed E-state index contributed by atoms with van der Waals surface area (Å²) in [7, 11) is 0. The predicted octanol–water partition coefficient (Wildman–Crippen LogP) is 3.41. The van der Waals surface area contributed by atoms with Gasteiger partial charge in [0.1, 0.15) is 6.07 Å². The quantitative estimate of drug-likeness (QED) is 0.374. The monoisotopic (exact) mass is 384 g/mol. The van der Waals surface area contributed by atoms with E-state index in [9.17, 15) is 19.6 Å². The van der Waals surface area contributed by atoms with Crippen LogP contribution in [0.4, 0.5) is 17.1 Å². The van der Waals surface area contributed by atoms with Crippen molar-refractivity contribution < 1.29 is 17.9 Å². The molecule has 27 heavy (non-hydrogen) atoms. The highest BCUT2D eigenvalue weighted by molar-refractivity contribution is 7.74. The molecule has 0 radical (unpaired) electrons. The summed E-state index contributed by atoms with van der Waals surface area (Å²) >= 11 is -2.38. The number of fused-ring (bicyclic) bond motifs is 1. The number of benzene rings is 2. The molecule has 0 saturated heterocycles. The van der Waals surface area contributed by atoms with Crippen LogP contribution in [0, 0.1) is 21.4 Å². The van der Waals surface area contributed by atoms with E-state index in [-0.39, 0.29) is 17.9 Å². The van der Waals surface area contributed by atoms with Crippen molar-refractivity contribution >= 4 is 39.3 Å². The Morgan fingerprint density at radius 3 is 2.85 bits per heavy atom. The van der Waals surface area contributed by atoms with Crippen molar-refractivity contribution in [2.45, 2.75) is 6.61 Å². The Labute approximate surface area is 155 Å². The van der Waals surface area contributed by atoms with E-state index in [0.717, 1.165) is 0 Å². The van der Waals surface area contributed by atoms with E-state index in [1.807, 2.05) is 6.07 Å². The number of hydrogen-bond acceptors (Lipinski definition) is 7. The van der Waals surface area contributed by atoms with Gasteiger partial charge >= 0.3 is 11.4 Å². The summed E-state index contributed by atoms with van der Waals surface area (Å²) < 4.78 is 24.0. The third-order valence-corrected chi connectivity index (χ3v) is 4.03. The van der Waals surface area contributed by atoms with Crippen LogP contribution < -0.4 is 5.32 Å². The first-order chi connectivity index (χ1) is 13.0. The predicted molar refractivity (Wildman–Crippen MR) is 98.4 cm³/mol. The number of nitrogens with one attached hydrogen (secondary N) is 1. The van der Waals surface area contributed by atoms with Crippen molar-refractivity contribution in [2.24, 2.45) is 0 Å². The van der Waals surface area contributed by atoms with Crippen LogP contribution in [0.5, 0.6) is 0 Å². The zero-order chi connectivity index (χ0) is 19.4. The number of aromatic nitrogens is 1. The van der Waals surface area contributed by atoms with Gasteiger partial charge < -0.3 is 5.32 Å². The highest BCUT2D eigenvalue weighted by Crippen LogP contribution is 2.31. The van der Waals surface area contributed by atoms with Crippen LogP contribution in [0.1, 0.15) is 11.1 Å². The van der Waals surface area contributed by atoms with Gasteiger partial charge in [0.05, 0.1) is 28.3 Å². The molecule has 2 N–H and O–H groups in total. The zero-order valence-corrected chi connectivity index (χ0v) is 14.5. The number of anilines is 2. The molecule has 10 heteroatoms. The van der Waals surface area contributed by atoms with Gasteiger partial charge in [-0.3, -0.25) is 23.8 Å². The molecule has 3 aromatic rings. The summed E-state index contributed by atoms with van der Waals surface area (Å²) in [6.07, 6.45) is 1.39. The molecule has 0 amide bonds. The van der Waals surface area contributed by atoms with Crippen molar-refractivity contribution in [3.8, 4) is 6.07 Å². The lowest BCUT2D eigenvalue weighted by atomic mass is 10.1. The standard InChI is InChI=1S/C17H12N4O5S/c18-8-12-9-19-16-5-4-14(21(22)23)7-15(16)17(12)20-13-3-1-2-11(6-13)10-26-27(24)25/h1-7,9H,10H2,(H,19,20)(H,24,25). The molecule has 0 bridgehead atoms. The van der Waals surface area contributed by atoms with Crippen LogP contribution in [-0.2, 0) is 22.2 Å². The molecule has 1 unspecified atom stereocenters. The summed E-state index contributed by atoms with van der Waals surface area (Å²) in [4.78, 5) is 14.7. The minimum absolute atomic E-state index is 0.0771. The molecular weight excluding hydrogens is 372 g/mol. The smallest absolute Gasteiger partial charge is 0.302 e. The lowest BCUT2D eigenvalue weighted by Gasteiger charge is -2.12. The van der Waals surface area contributed by atoms with Gasteiger partial charge in [-0.2, -0.15) is 9.47 Å². The second kappa shape index (κ2) is 7.88. The van der Waals surface area contributed by atoms with Crippen LogP contribution >= 0.6 is 0 Å². The lowest BCUT2D eigenvalue weighted by molar-refractivity contribution is -0.384. The molecule has 0 aliphatic rings. The Hall–Kier alpha value is -3.39. The van der Waals surface area contributed by atoms with Gasteiger partial charge in [-0.05, 0) is 23.8 Å². The molecule has 0 fully saturated rings. The van der Waals surface area contributed by atoms with E-state index in [1.165, 1.54) is 24.4 Å². The number of pyridine rings is 1. The van der Waals surface area contributed by atoms with Gasteiger partial charge in [-0.1, -0.05) is 12.1 Å². The van der Waals surface area contributed by atoms with Gasteiger partial charge in [0.2, 0.25) is 0 Å². The first-order valence-corrected chi connectivity index (χ1v) is 8.58. The minimum Gasteiger partial charge on any atom is -0.354 e. The number of hydrogen-bond donors (Lipinski definition) is 2. The van der Waals surface area contributed by atoms with Crippen LogP contribution in [-0.4, -0.2) is 18.7 Å². The Morgan fingerprint density at radius 2 is 2.15 bits per heavy atom. The molecular formula is C17H12N4O5S. The van der Waals surface area contributed by atoms with E-state index in [1.54, 1.807) is 24.3 Å². The van der Waals surface area contributed by atoms with Crippen LogP contribution in [0.25, 0.3) is 10.9 Å². The van der Waals surface area contributed by atoms with E-state index >= 15 is 0 Å². The maximum atomic E-state index is 11.1. The van der Waals surface area contributed by atoms with Crippen molar-refractivity contribution in [1.82, 2.24) is 4.98 Å². The fraction of sp³-hybridized carbons (Fsp3) is 0.0588. The zero-order valence-electron chi connectivity index (χ0n) is 13.7. The molecule has 0 saturated carbocycles. The van der Waals surface area contributed by atoms with Crippen molar-refractivity contribution in [3.05, 3.63) is 69.9 Å². The number of non-ortho nitro benzene ring substituents is 1. The van der Waals surface area contributed by atoms with E-state index in [2.05, 4.69) is 14.5 Å². The molecule has 2 aromatic carbocycles. The summed E-state index contributed by atoms with van der Waals surface area (Å²) in [6, 6.07) is 13.1. The molecule has 0 aliphatic carbocycles. The summed E-state index contributed by atoms with van der Waals surface area (Å²) in [5.74, 6) is 0. The largest absolute Gasteiger partial charge is 0.354 e. The molecule has 1 heterocycles. The minimum atomic E-state index is -2.38. The SMILES string of the molecule is N#Cc1cnc2ccc([N+](=O)[O-])cc2c1Nc1cccc(COS(=O)O)c1. The van der Waals surface area contributed by atoms with E-state index in [0.29, 0.717) is 27.8 Å². The van der Waals surface area contributed by atoms with Crippen molar-refractivity contribution in [1.29, 1.82) is 5.26 Å². The van der Waals surface area contributed by atoms with Gasteiger partial charge in [0, 0.05) is 29.4 Å². The third kappa shape index (κ3) is 4.24. The second-order valence-electron chi connectivity index (χ2n) is 5.42. The molecule has 9 nitrogen and oxygen atoms in total. The average molecular weight is 384 g/mol. The molecule has 3 rings (SSSR count). The van der Waals surface area contributed by atoms with Crippen LogP contribution in [0.15, 0.2) is 48.7 Å². The first-order valence-electron chi connectivity index (χ1n) is 7.55. The summed E-state index contributed by atoms with van der Waals surface area (Å²) in [5, 5.41) is 24.0. The molecule has 1 aromatic heterocycles. The van der Waals surface area contributed by atoms with Gasteiger partial charge in [0.15, 0.2) is 0 Å². The highest BCUT2D eigenvalue weighted by Gasteiger charge is 2.14. The number of nitrogens with zero attached hydrogens (tertiary/aromatic N) is 3. The number of rotatable bonds is 6. The number of nitriles is 1. The maximum Gasteiger partial charge on any atom is 0.302 e. The molecule has 1 atom stereocenters. The molecule has 136 valence electrons. The molecule has 0 aliphatic heterocycles. The first kappa shape index (κ1) is 18.4. The van der Waals surface area contributed by atoms with Crippen molar-refractivity contribution in [2.75, 3.05) is 5.32 Å². The average Bonchev–Trinajstić information content (AvgIpc) is 2.66. The van der Waals surface area contributed by atoms with Gasteiger partial charge in [-0.15, -0.1) is 0 Å². The summed E-state index contributed by atoms with van der Waals surface area (Å²) in [5.41, 5.74) is 2.20.